The summed E-state index contributed by atoms with van der Waals surface area (Å²) >= 11 is 0. The molecule has 0 aromatic rings. The van der Waals surface area contributed by atoms with Crippen LogP contribution in [-0.4, -0.2) is 13.3 Å². The molecule has 1 N–H and O–H groups in total. The largest absolute Gasteiger partial charge is 0.290 e. The van der Waals surface area contributed by atoms with Gasteiger partial charge in [-0.25, -0.2) is 4.39 Å². The Kier molecular flexibility index (Phi) is 21.3. The van der Waals surface area contributed by atoms with Crippen LogP contribution in [0.3, 0.4) is 0 Å². The molecule has 52 valence electrons. The van der Waals surface area contributed by atoms with E-state index in [1.807, 2.05) is 20.8 Å². The van der Waals surface area contributed by atoms with Crippen LogP contribution in [0.4, 0.5) is 4.39 Å². The van der Waals surface area contributed by atoms with Gasteiger partial charge < -0.3 is 0 Å². The molecule has 2 heteroatoms. The fourth-order valence-corrected chi connectivity index (χ4v) is 0.244. The van der Waals surface area contributed by atoms with Crippen molar-refractivity contribution >= 4 is 0 Å². The molecule has 0 fully saturated rings. The van der Waals surface area contributed by atoms with Crippen LogP contribution < -0.4 is 5.32 Å². The van der Waals surface area contributed by atoms with Gasteiger partial charge in [-0.1, -0.05) is 20.8 Å². The molecule has 0 spiro atoms. The van der Waals surface area contributed by atoms with Crippen molar-refractivity contribution in [3.8, 4) is 0 Å². The number of hydrogen-bond acceptors (Lipinski definition) is 1. The maximum atomic E-state index is 11.1. The second-order valence-electron chi connectivity index (χ2n) is 1.13. The summed E-state index contributed by atoms with van der Waals surface area (Å²) < 4.78 is 11.1. The lowest BCUT2D eigenvalue weighted by Gasteiger charge is -1.89. The van der Waals surface area contributed by atoms with E-state index < -0.39 is 6.80 Å². The van der Waals surface area contributed by atoms with E-state index in [-0.39, 0.29) is 0 Å². The smallest absolute Gasteiger partial charge is 0.140 e. The van der Waals surface area contributed by atoms with E-state index in [1.165, 1.54) is 0 Å². The minimum Gasteiger partial charge on any atom is -0.290 e. The topological polar surface area (TPSA) is 12.0 Å². The zero-order valence-corrected chi connectivity index (χ0v) is 6.00. The van der Waals surface area contributed by atoms with Crippen molar-refractivity contribution in [3.05, 3.63) is 0 Å². The van der Waals surface area contributed by atoms with Gasteiger partial charge in [0, 0.05) is 0 Å². The van der Waals surface area contributed by atoms with Gasteiger partial charge in [0.1, 0.15) is 6.80 Å². The van der Waals surface area contributed by atoms with Gasteiger partial charge in [0.2, 0.25) is 0 Å². The van der Waals surface area contributed by atoms with Gasteiger partial charge in [-0.2, -0.15) is 0 Å². The van der Waals surface area contributed by atoms with Crippen molar-refractivity contribution in [3.63, 3.8) is 0 Å². The number of hydrogen-bond donors (Lipinski definition) is 1. The first-order valence-electron chi connectivity index (χ1n) is 3.18. The van der Waals surface area contributed by atoms with E-state index in [1.54, 1.807) is 0 Å². The molecule has 8 heavy (non-hydrogen) atoms. The van der Waals surface area contributed by atoms with E-state index in [9.17, 15) is 4.39 Å². The normalized spacial score (nSPS) is 7.50. The Balaban J connectivity index is 0. The molecule has 0 aliphatic heterocycles. The Hall–Kier alpha value is -0.110. The average Bonchev–Trinajstić information content (AvgIpc) is 1.88. The quantitative estimate of drug-likeness (QED) is 0.444. The Bertz CT molecular complexity index is 20.5. The lowest BCUT2D eigenvalue weighted by atomic mass is 10.5. The minimum atomic E-state index is -0.395. The van der Waals surface area contributed by atoms with Crippen molar-refractivity contribution in [2.24, 2.45) is 0 Å². The number of alkyl halides is 1. The van der Waals surface area contributed by atoms with Gasteiger partial charge in [0.25, 0.3) is 0 Å². The Morgan fingerprint density at radius 1 is 1.38 bits per heavy atom. The van der Waals surface area contributed by atoms with E-state index in [0.717, 1.165) is 13.0 Å². The highest BCUT2D eigenvalue weighted by molar-refractivity contribution is 4.31. The van der Waals surface area contributed by atoms with Crippen molar-refractivity contribution in [1.82, 2.24) is 5.32 Å². The van der Waals surface area contributed by atoms with Gasteiger partial charge >= 0.3 is 0 Å². The Labute approximate surface area is 51.3 Å². The molecule has 0 saturated carbocycles. The first-order chi connectivity index (χ1) is 3.91. The van der Waals surface area contributed by atoms with Crippen molar-refractivity contribution in [2.45, 2.75) is 27.2 Å². The molecule has 0 aromatic carbocycles. The summed E-state index contributed by atoms with van der Waals surface area (Å²) in [6, 6.07) is 0. The fraction of sp³-hybridized carbons (Fsp3) is 1.00. The van der Waals surface area contributed by atoms with Crippen LogP contribution in [0.1, 0.15) is 27.2 Å². The molecule has 0 bridgehead atoms. The van der Waals surface area contributed by atoms with E-state index >= 15 is 0 Å². The molecule has 0 heterocycles. The summed E-state index contributed by atoms with van der Waals surface area (Å²) in [5, 5.41) is 2.53. The van der Waals surface area contributed by atoms with E-state index in [0.29, 0.717) is 0 Å². The summed E-state index contributed by atoms with van der Waals surface area (Å²) in [7, 11) is 0. The van der Waals surface area contributed by atoms with Crippen LogP contribution in [0.25, 0.3) is 0 Å². The molecule has 0 amide bonds. The number of halogens is 1. The SMILES string of the molecule is CC.CCCNCF. The predicted molar refractivity (Wildman–Crippen MR) is 35.6 cm³/mol. The first kappa shape index (κ1) is 10.8. The second-order valence-corrected chi connectivity index (χ2v) is 1.13. The molecule has 0 aromatic heterocycles. The third-order valence-electron chi connectivity index (χ3n) is 0.521. The van der Waals surface area contributed by atoms with Crippen LogP contribution >= 0.6 is 0 Å². The second kappa shape index (κ2) is 15.8. The summed E-state index contributed by atoms with van der Waals surface area (Å²) in [4.78, 5) is 0. The van der Waals surface area contributed by atoms with Crippen LogP contribution in [0, 0.1) is 0 Å². The van der Waals surface area contributed by atoms with Crippen LogP contribution in [-0.2, 0) is 0 Å². The van der Waals surface area contributed by atoms with Gasteiger partial charge in [0.05, 0.1) is 0 Å². The van der Waals surface area contributed by atoms with Crippen LogP contribution in [0.5, 0.6) is 0 Å². The molecular weight excluding hydrogens is 105 g/mol. The molecule has 0 aliphatic rings. The van der Waals surface area contributed by atoms with Crippen LogP contribution in [0.2, 0.25) is 0 Å². The Morgan fingerprint density at radius 2 is 1.88 bits per heavy atom. The third-order valence-corrected chi connectivity index (χ3v) is 0.521. The lowest BCUT2D eigenvalue weighted by Crippen LogP contribution is -2.11. The molecule has 0 atom stereocenters. The van der Waals surface area contributed by atoms with Gasteiger partial charge in [-0.15, -0.1) is 0 Å². The molecule has 0 radical (unpaired) electrons. The van der Waals surface area contributed by atoms with Crippen molar-refractivity contribution < 1.29 is 4.39 Å². The molecule has 0 aliphatic carbocycles. The molecule has 0 unspecified atom stereocenters. The van der Waals surface area contributed by atoms with Gasteiger partial charge in [0.15, 0.2) is 0 Å². The minimum absolute atomic E-state index is 0.395. The lowest BCUT2D eigenvalue weighted by molar-refractivity contribution is 0.426. The fourth-order valence-electron chi connectivity index (χ4n) is 0.244. The van der Waals surface area contributed by atoms with E-state index in [2.05, 4.69) is 5.32 Å². The summed E-state index contributed by atoms with van der Waals surface area (Å²) in [5.41, 5.74) is 0. The zero-order chi connectivity index (χ0) is 6.83. The maximum absolute atomic E-state index is 11.1. The zero-order valence-electron chi connectivity index (χ0n) is 6.00. The Morgan fingerprint density at radius 3 is 2.00 bits per heavy atom. The highest BCUT2D eigenvalue weighted by Crippen LogP contribution is 1.66. The predicted octanol–water partition coefficient (Wildman–Crippen LogP) is 1.94. The van der Waals surface area contributed by atoms with Gasteiger partial charge in [-0.05, 0) is 13.0 Å². The highest BCUT2D eigenvalue weighted by atomic mass is 19.1. The summed E-state index contributed by atoms with van der Waals surface area (Å²) in [6.07, 6.45) is 1.00. The average molecular weight is 121 g/mol. The molecule has 0 rings (SSSR count). The monoisotopic (exact) mass is 121 g/mol. The standard InChI is InChI=1S/C4H10FN.C2H6/c1-2-3-6-4-5;1-2/h6H,2-4H2,1H3;1-2H3. The summed E-state index contributed by atoms with van der Waals surface area (Å²) in [5.74, 6) is 0. The molecule has 0 saturated heterocycles. The summed E-state index contributed by atoms with van der Waals surface area (Å²) in [6.45, 7) is 6.40. The van der Waals surface area contributed by atoms with Gasteiger partial charge in [-0.3, -0.25) is 5.32 Å². The number of nitrogens with one attached hydrogen (secondary N) is 1. The highest BCUT2D eigenvalue weighted by Gasteiger charge is 1.73. The molecular formula is C6H16FN. The van der Waals surface area contributed by atoms with Crippen molar-refractivity contribution in [1.29, 1.82) is 0 Å². The number of rotatable bonds is 3. The van der Waals surface area contributed by atoms with Crippen LogP contribution in [0.15, 0.2) is 0 Å². The first-order valence-corrected chi connectivity index (χ1v) is 3.18. The third kappa shape index (κ3) is 16.9. The molecule has 1 nitrogen and oxygen atoms in total. The van der Waals surface area contributed by atoms with Crippen molar-refractivity contribution in [2.75, 3.05) is 13.3 Å². The van der Waals surface area contributed by atoms with E-state index in [4.69, 9.17) is 0 Å². The maximum Gasteiger partial charge on any atom is 0.140 e.